The lowest BCUT2D eigenvalue weighted by atomic mass is 10.3. The lowest BCUT2D eigenvalue weighted by Gasteiger charge is -2.18. The van der Waals surface area contributed by atoms with Crippen molar-refractivity contribution in [2.45, 2.75) is 12.3 Å². The van der Waals surface area contributed by atoms with Crippen molar-refractivity contribution >= 4 is 11.5 Å². The summed E-state index contributed by atoms with van der Waals surface area (Å²) < 4.78 is 31.1. The van der Waals surface area contributed by atoms with Crippen LogP contribution in [0.15, 0.2) is 12.3 Å². The van der Waals surface area contributed by atoms with Gasteiger partial charge in [0, 0.05) is 19.0 Å². The molecule has 1 saturated heterocycles. The van der Waals surface area contributed by atoms with E-state index in [1.807, 2.05) is 0 Å². The number of hydrogen-bond donors (Lipinski definition) is 1. The first-order valence-electron chi connectivity index (χ1n) is 4.94. The predicted octanol–water partition coefficient (Wildman–Crippen LogP) is 1.52. The molecule has 0 radical (unpaired) electrons. The molecule has 1 aromatic heterocycles. The number of pyridine rings is 1. The largest absolute Gasteiger partial charge is 0.494 e. The number of nitrogen functional groups attached to an aromatic ring is 1. The Morgan fingerprint density at radius 1 is 1.56 bits per heavy atom. The van der Waals surface area contributed by atoms with E-state index >= 15 is 0 Å². The van der Waals surface area contributed by atoms with E-state index in [1.54, 1.807) is 6.07 Å². The summed E-state index contributed by atoms with van der Waals surface area (Å²) in [5.41, 5.74) is 6.00. The molecule has 1 fully saturated rings. The Hall–Kier alpha value is -1.59. The normalized spacial score (nSPS) is 18.8. The monoisotopic (exact) mass is 229 g/mol. The van der Waals surface area contributed by atoms with E-state index in [-0.39, 0.29) is 13.0 Å². The highest BCUT2D eigenvalue weighted by atomic mass is 19.3. The molecule has 0 bridgehead atoms. The van der Waals surface area contributed by atoms with Gasteiger partial charge in [-0.05, 0) is 0 Å². The summed E-state index contributed by atoms with van der Waals surface area (Å²) >= 11 is 0. The van der Waals surface area contributed by atoms with Crippen LogP contribution in [0.5, 0.6) is 5.75 Å². The Kier molecular flexibility index (Phi) is 2.57. The number of aromatic nitrogens is 1. The second-order valence-electron chi connectivity index (χ2n) is 3.81. The van der Waals surface area contributed by atoms with Gasteiger partial charge in [0.05, 0.1) is 25.5 Å². The molecule has 16 heavy (non-hydrogen) atoms. The second-order valence-corrected chi connectivity index (χ2v) is 3.81. The molecule has 6 heteroatoms. The number of ether oxygens (including phenoxy) is 1. The van der Waals surface area contributed by atoms with E-state index in [1.165, 1.54) is 18.2 Å². The standard InChI is InChI=1S/C10H13F2N3O/c1-16-8-4-9(14-5-7(8)13)15-3-2-10(11,12)6-15/h4-5H,2-3,6,13H2,1H3. The number of halogens is 2. The Morgan fingerprint density at radius 3 is 2.88 bits per heavy atom. The Bertz CT molecular complexity index is 398. The van der Waals surface area contributed by atoms with Crippen LogP contribution in [0.4, 0.5) is 20.3 Å². The quantitative estimate of drug-likeness (QED) is 0.835. The Balaban J connectivity index is 2.22. The number of nitrogens with two attached hydrogens (primary N) is 1. The second kappa shape index (κ2) is 3.77. The summed E-state index contributed by atoms with van der Waals surface area (Å²) in [6, 6.07) is 1.58. The third-order valence-electron chi connectivity index (χ3n) is 2.59. The third-order valence-corrected chi connectivity index (χ3v) is 2.59. The first-order valence-corrected chi connectivity index (χ1v) is 4.94. The maximum atomic E-state index is 13.0. The van der Waals surface area contributed by atoms with Crippen molar-refractivity contribution in [3.63, 3.8) is 0 Å². The van der Waals surface area contributed by atoms with Crippen LogP contribution in [0.3, 0.4) is 0 Å². The summed E-state index contributed by atoms with van der Waals surface area (Å²) in [6.07, 6.45) is 1.28. The van der Waals surface area contributed by atoms with Crippen LogP contribution in [0.25, 0.3) is 0 Å². The van der Waals surface area contributed by atoms with E-state index < -0.39 is 5.92 Å². The SMILES string of the molecule is COc1cc(N2CCC(F)(F)C2)ncc1N. The zero-order chi connectivity index (χ0) is 11.8. The fraction of sp³-hybridized carbons (Fsp3) is 0.500. The molecule has 0 amide bonds. The van der Waals surface area contributed by atoms with Crippen LogP contribution in [0, 0.1) is 0 Å². The molecule has 1 aliphatic rings. The van der Waals surface area contributed by atoms with Gasteiger partial charge >= 0.3 is 0 Å². The molecule has 1 aliphatic heterocycles. The van der Waals surface area contributed by atoms with Gasteiger partial charge < -0.3 is 15.4 Å². The van der Waals surface area contributed by atoms with E-state index in [2.05, 4.69) is 4.98 Å². The molecular weight excluding hydrogens is 216 g/mol. The number of nitrogens with zero attached hydrogens (tertiary/aromatic N) is 2. The number of methoxy groups -OCH3 is 1. The van der Waals surface area contributed by atoms with Crippen LogP contribution >= 0.6 is 0 Å². The fourth-order valence-corrected chi connectivity index (χ4v) is 1.72. The predicted molar refractivity (Wildman–Crippen MR) is 57.0 cm³/mol. The van der Waals surface area contributed by atoms with Gasteiger partial charge in [0.1, 0.15) is 11.6 Å². The molecule has 4 nitrogen and oxygen atoms in total. The zero-order valence-electron chi connectivity index (χ0n) is 8.91. The molecule has 2 N–H and O–H groups in total. The van der Waals surface area contributed by atoms with Gasteiger partial charge in [0.15, 0.2) is 0 Å². The van der Waals surface area contributed by atoms with E-state index in [0.29, 0.717) is 23.8 Å². The highest BCUT2D eigenvalue weighted by Gasteiger charge is 2.38. The molecule has 0 saturated carbocycles. The van der Waals surface area contributed by atoms with E-state index in [0.717, 1.165) is 0 Å². The van der Waals surface area contributed by atoms with Gasteiger partial charge in [0.25, 0.3) is 5.92 Å². The van der Waals surface area contributed by atoms with Gasteiger partial charge in [-0.2, -0.15) is 0 Å². The average Bonchev–Trinajstić information content (AvgIpc) is 2.59. The van der Waals surface area contributed by atoms with E-state index in [9.17, 15) is 8.78 Å². The summed E-state index contributed by atoms with van der Waals surface area (Å²) in [7, 11) is 1.48. The highest BCUT2D eigenvalue weighted by Crippen LogP contribution is 2.32. The maximum absolute atomic E-state index is 13.0. The molecular formula is C10H13F2N3O. The van der Waals surface area contributed by atoms with Crippen molar-refractivity contribution in [1.82, 2.24) is 4.98 Å². The molecule has 2 heterocycles. The number of rotatable bonds is 2. The smallest absolute Gasteiger partial charge is 0.266 e. The summed E-state index contributed by atoms with van der Waals surface area (Å²) in [5, 5.41) is 0. The van der Waals surface area contributed by atoms with Crippen molar-refractivity contribution in [2.24, 2.45) is 0 Å². The van der Waals surface area contributed by atoms with Gasteiger partial charge in [0.2, 0.25) is 0 Å². The molecule has 2 rings (SSSR count). The van der Waals surface area contributed by atoms with Crippen LogP contribution in [-0.2, 0) is 0 Å². The van der Waals surface area contributed by atoms with Crippen molar-refractivity contribution in [2.75, 3.05) is 30.8 Å². The average molecular weight is 229 g/mol. The van der Waals surface area contributed by atoms with Crippen molar-refractivity contribution < 1.29 is 13.5 Å². The minimum atomic E-state index is -2.63. The molecule has 88 valence electrons. The van der Waals surface area contributed by atoms with Crippen LogP contribution < -0.4 is 15.4 Å². The van der Waals surface area contributed by atoms with Crippen LogP contribution in [-0.4, -0.2) is 31.1 Å². The van der Waals surface area contributed by atoms with E-state index in [4.69, 9.17) is 10.5 Å². The summed E-state index contributed by atoms with van der Waals surface area (Å²) in [6.45, 7) is 0.000144. The van der Waals surface area contributed by atoms with Gasteiger partial charge in [-0.25, -0.2) is 13.8 Å². The molecule has 0 aliphatic carbocycles. The van der Waals surface area contributed by atoms with Crippen LogP contribution in [0.1, 0.15) is 6.42 Å². The molecule has 0 unspecified atom stereocenters. The van der Waals surface area contributed by atoms with Crippen molar-refractivity contribution in [1.29, 1.82) is 0 Å². The zero-order valence-corrected chi connectivity index (χ0v) is 8.91. The number of hydrogen-bond acceptors (Lipinski definition) is 4. The minimum absolute atomic E-state index is 0.138. The van der Waals surface area contributed by atoms with Gasteiger partial charge in [-0.3, -0.25) is 0 Å². The Labute approximate surface area is 92.0 Å². The fourth-order valence-electron chi connectivity index (χ4n) is 1.72. The first-order chi connectivity index (χ1) is 7.52. The first kappa shape index (κ1) is 10.9. The third kappa shape index (κ3) is 2.00. The summed E-state index contributed by atoms with van der Waals surface area (Å²) in [4.78, 5) is 5.55. The minimum Gasteiger partial charge on any atom is -0.494 e. The number of alkyl halides is 2. The maximum Gasteiger partial charge on any atom is 0.266 e. The molecule has 0 spiro atoms. The molecule has 0 aromatic carbocycles. The highest BCUT2D eigenvalue weighted by molar-refractivity contribution is 5.57. The topological polar surface area (TPSA) is 51.4 Å². The lowest BCUT2D eigenvalue weighted by Crippen LogP contribution is -2.25. The number of anilines is 2. The van der Waals surface area contributed by atoms with Crippen LogP contribution in [0.2, 0.25) is 0 Å². The molecule has 1 aromatic rings. The van der Waals surface area contributed by atoms with Crippen molar-refractivity contribution in [3.8, 4) is 5.75 Å². The Morgan fingerprint density at radius 2 is 2.31 bits per heavy atom. The van der Waals surface area contributed by atoms with Gasteiger partial charge in [-0.15, -0.1) is 0 Å². The lowest BCUT2D eigenvalue weighted by molar-refractivity contribution is 0.0256. The van der Waals surface area contributed by atoms with Crippen molar-refractivity contribution in [3.05, 3.63) is 12.3 Å². The molecule has 0 atom stereocenters. The van der Waals surface area contributed by atoms with Gasteiger partial charge in [-0.1, -0.05) is 0 Å². The summed E-state index contributed by atoms with van der Waals surface area (Å²) in [5.74, 6) is -1.69.